The van der Waals surface area contributed by atoms with Crippen LogP contribution in [0.15, 0.2) is 6.33 Å². The van der Waals surface area contributed by atoms with E-state index in [4.69, 9.17) is 10.5 Å². The minimum atomic E-state index is -0.560. The summed E-state index contributed by atoms with van der Waals surface area (Å²) in [7, 11) is 2.09. The number of carbonyl (C=O) groups is 1. The van der Waals surface area contributed by atoms with Crippen molar-refractivity contribution in [2.75, 3.05) is 38.2 Å². The Kier molecular flexibility index (Phi) is 3.54. The molecule has 1 fully saturated rings. The van der Waals surface area contributed by atoms with E-state index in [1.807, 2.05) is 0 Å². The number of likely N-dealkylation sites (N-methyl/N-ethyl adjacent to an activating group) is 1. The lowest BCUT2D eigenvalue weighted by Crippen LogP contribution is -2.49. The average Bonchev–Trinajstić information content (AvgIpc) is 2.46. The molecule has 0 saturated carbocycles. The van der Waals surface area contributed by atoms with Gasteiger partial charge in [0.2, 0.25) is 5.91 Å². The summed E-state index contributed by atoms with van der Waals surface area (Å²) in [5.41, 5.74) is 7.60. The van der Waals surface area contributed by atoms with E-state index in [2.05, 4.69) is 26.8 Å². The maximum atomic E-state index is 11.3. The van der Waals surface area contributed by atoms with Gasteiger partial charge in [0, 0.05) is 31.6 Å². The quantitative estimate of drug-likeness (QED) is 0.758. The molecule has 0 unspecified atom stereocenters. The lowest BCUT2D eigenvalue weighted by molar-refractivity contribution is -0.130. The fourth-order valence-electron chi connectivity index (χ4n) is 2.75. The molecule has 0 aliphatic carbocycles. The van der Waals surface area contributed by atoms with Crippen LogP contribution < -0.4 is 10.6 Å². The first kappa shape index (κ1) is 13.3. The second kappa shape index (κ2) is 5.34. The van der Waals surface area contributed by atoms with Crippen molar-refractivity contribution in [2.24, 2.45) is 5.73 Å². The van der Waals surface area contributed by atoms with Crippen LogP contribution in [0.3, 0.4) is 0 Å². The van der Waals surface area contributed by atoms with Gasteiger partial charge >= 0.3 is 0 Å². The summed E-state index contributed by atoms with van der Waals surface area (Å²) in [5, 5.41) is 0. The standard InChI is InChI=1S/C13H19N5O2/c1-17-3-2-10-9(6-17)13(16-8-15-10)18-4-5-20-11(7-18)12(14)19/h8,11H,2-7H2,1H3,(H2,14,19)/t11-/m1/s1. The van der Waals surface area contributed by atoms with Crippen molar-refractivity contribution >= 4 is 11.7 Å². The summed E-state index contributed by atoms with van der Waals surface area (Å²) in [4.78, 5) is 24.4. The molecule has 1 atom stereocenters. The maximum absolute atomic E-state index is 11.3. The summed E-state index contributed by atoms with van der Waals surface area (Å²) in [6, 6.07) is 0. The molecular formula is C13H19N5O2. The van der Waals surface area contributed by atoms with Gasteiger partial charge in [0.1, 0.15) is 12.1 Å². The molecule has 0 aromatic carbocycles. The first-order chi connectivity index (χ1) is 9.65. The summed E-state index contributed by atoms with van der Waals surface area (Å²) in [6.45, 7) is 3.52. The molecule has 2 N–H and O–H groups in total. The van der Waals surface area contributed by atoms with Crippen LogP contribution in [0.4, 0.5) is 5.82 Å². The fraction of sp³-hybridized carbons (Fsp3) is 0.615. The lowest BCUT2D eigenvalue weighted by atomic mass is 10.1. The first-order valence-corrected chi connectivity index (χ1v) is 6.82. The van der Waals surface area contributed by atoms with Crippen molar-refractivity contribution in [3.8, 4) is 0 Å². The molecule has 2 aliphatic rings. The van der Waals surface area contributed by atoms with Gasteiger partial charge in [0.15, 0.2) is 6.10 Å². The van der Waals surface area contributed by atoms with Gasteiger partial charge in [0.05, 0.1) is 18.8 Å². The molecule has 3 heterocycles. The molecular weight excluding hydrogens is 258 g/mol. The highest BCUT2D eigenvalue weighted by atomic mass is 16.5. The average molecular weight is 277 g/mol. The summed E-state index contributed by atoms with van der Waals surface area (Å²) in [6.07, 6.45) is 1.98. The number of nitrogens with two attached hydrogens (primary N) is 1. The van der Waals surface area contributed by atoms with E-state index in [9.17, 15) is 4.79 Å². The van der Waals surface area contributed by atoms with Gasteiger partial charge in [-0.25, -0.2) is 9.97 Å². The van der Waals surface area contributed by atoms with Gasteiger partial charge in [-0.2, -0.15) is 0 Å². The van der Waals surface area contributed by atoms with Crippen LogP contribution in [0.2, 0.25) is 0 Å². The third-order valence-corrected chi connectivity index (χ3v) is 3.85. The van der Waals surface area contributed by atoms with Crippen LogP contribution in [-0.2, 0) is 22.5 Å². The van der Waals surface area contributed by atoms with Crippen molar-refractivity contribution in [3.63, 3.8) is 0 Å². The van der Waals surface area contributed by atoms with E-state index in [1.54, 1.807) is 6.33 Å². The van der Waals surface area contributed by atoms with Crippen molar-refractivity contribution < 1.29 is 9.53 Å². The lowest BCUT2D eigenvalue weighted by Gasteiger charge is -2.35. The predicted octanol–water partition coefficient (Wildman–Crippen LogP) is -0.845. The molecule has 1 aromatic rings. The van der Waals surface area contributed by atoms with Gasteiger partial charge in [-0.3, -0.25) is 4.79 Å². The molecule has 0 radical (unpaired) electrons. The molecule has 20 heavy (non-hydrogen) atoms. The number of anilines is 1. The van der Waals surface area contributed by atoms with E-state index >= 15 is 0 Å². The number of fused-ring (bicyclic) bond motifs is 1. The number of carbonyl (C=O) groups excluding carboxylic acids is 1. The number of primary amides is 1. The van der Waals surface area contributed by atoms with Crippen LogP contribution >= 0.6 is 0 Å². The van der Waals surface area contributed by atoms with Crippen molar-refractivity contribution in [1.82, 2.24) is 14.9 Å². The second-order valence-electron chi connectivity index (χ2n) is 5.32. The Bertz CT molecular complexity index is 521. The van der Waals surface area contributed by atoms with Crippen LogP contribution in [0.1, 0.15) is 11.3 Å². The van der Waals surface area contributed by atoms with Gasteiger partial charge in [0.25, 0.3) is 0 Å². The zero-order valence-corrected chi connectivity index (χ0v) is 11.6. The van der Waals surface area contributed by atoms with Crippen LogP contribution in [0.25, 0.3) is 0 Å². The zero-order chi connectivity index (χ0) is 14.1. The highest BCUT2D eigenvalue weighted by Gasteiger charge is 2.28. The molecule has 108 valence electrons. The summed E-state index contributed by atoms with van der Waals surface area (Å²) < 4.78 is 5.39. The van der Waals surface area contributed by atoms with Crippen LogP contribution in [0, 0.1) is 0 Å². The fourth-order valence-corrected chi connectivity index (χ4v) is 2.75. The number of aromatic nitrogens is 2. The Hall–Kier alpha value is -1.73. The first-order valence-electron chi connectivity index (χ1n) is 6.82. The number of amides is 1. The third kappa shape index (κ3) is 2.46. The number of nitrogens with zero attached hydrogens (tertiary/aromatic N) is 4. The topological polar surface area (TPSA) is 84.6 Å². The number of hydrogen-bond donors (Lipinski definition) is 1. The highest BCUT2D eigenvalue weighted by molar-refractivity contribution is 5.79. The van der Waals surface area contributed by atoms with Gasteiger partial charge < -0.3 is 20.3 Å². The van der Waals surface area contributed by atoms with Crippen molar-refractivity contribution in [1.29, 1.82) is 0 Å². The Labute approximate surface area is 117 Å². The minimum Gasteiger partial charge on any atom is -0.367 e. The molecule has 1 aromatic heterocycles. The zero-order valence-electron chi connectivity index (χ0n) is 11.6. The third-order valence-electron chi connectivity index (χ3n) is 3.85. The van der Waals surface area contributed by atoms with E-state index in [0.717, 1.165) is 43.1 Å². The SMILES string of the molecule is CN1CCc2ncnc(N3CCO[C@@H](C(N)=O)C3)c2C1. The predicted molar refractivity (Wildman–Crippen MR) is 73.2 cm³/mol. The number of rotatable bonds is 2. The number of ether oxygens (including phenoxy) is 1. The van der Waals surface area contributed by atoms with Gasteiger partial charge in [-0.15, -0.1) is 0 Å². The minimum absolute atomic E-state index is 0.422. The Balaban J connectivity index is 1.88. The van der Waals surface area contributed by atoms with Crippen molar-refractivity contribution in [3.05, 3.63) is 17.6 Å². The molecule has 7 nitrogen and oxygen atoms in total. The molecule has 0 spiro atoms. The Morgan fingerprint density at radius 2 is 2.30 bits per heavy atom. The summed E-state index contributed by atoms with van der Waals surface area (Å²) >= 11 is 0. The van der Waals surface area contributed by atoms with E-state index in [1.165, 1.54) is 0 Å². The maximum Gasteiger partial charge on any atom is 0.248 e. The summed E-state index contributed by atoms with van der Waals surface area (Å²) in [5.74, 6) is 0.492. The molecule has 2 aliphatic heterocycles. The largest absolute Gasteiger partial charge is 0.367 e. The van der Waals surface area contributed by atoms with Gasteiger partial charge in [-0.1, -0.05) is 0 Å². The highest BCUT2D eigenvalue weighted by Crippen LogP contribution is 2.26. The second-order valence-corrected chi connectivity index (χ2v) is 5.32. The smallest absolute Gasteiger partial charge is 0.248 e. The normalized spacial score (nSPS) is 23.4. The van der Waals surface area contributed by atoms with E-state index < -0.39 is 12.0 Å². The molecule has 1 amide bonds. The number of morpholine rings is 1. The Morgan fingerprint density at radius 3 is 3.10 bits per heavy atom. The molecule has 0 bridgehead atoms. The van der Waals surface area contributed by atoms with E-state index in [-0.39, 0.29) is 0 Å². The van der Waals surface area contributed by atoms with Crippen molar-refractivity contribution in [2.45, 2.75) is 19.1 Å². The molecule has 3 rings (SSSR count). The molecule has 1 saturated heterocycles. The monoisotopic (exact) mass is 277 g/mol. The van der Waals surface area contributed by atoms with Crippen LogP contribution in [-0.4, -0.2) is 60.2 Å². The number of hydrogen-bond acceptors (Lipinski definition) is 6. The Morgan fingerprint density at radius 1 is 1.45 bits per heavy atom. The van der Waals surface area contributed by atoms with Gasteiger partial charge in [-0.05, 0) is 7.05 Å². The van der Waals surface area contributed by atoms with Crippen LogP contribution in [0.5, 0.6) is 0 Å². The van der Waals surface area contributed by atoms with E-state index in [0.29, 0.717) is 13.2 Å². The molecule has 7 heteroatoms.